The van der Waals surface area contributed by atoms with E-state index in [1.54, 1.807) is 0 Å². The van der Waals surface area contributed by atoms with Gasteiger partial charge in [0, 0.05) is 13.0 Å². The molecule has 3 heteroatoms. The molecule has 0 aliphatic carbocycles. The van der Waals surface area contributed by atoms with Gasteiger partial charge in [-0.15, -0.1) is 0 Å². The summed E-state index contributed by atoms with van der Waals surface area (Å²) in [7, 11) is -0.959. The van der Waals surface area contributed by atoms with Gasteiger partial charge in [-0.3, -0.25) is 0 Å². The van der Waals surface area contributed by atoms with Crippen LogP contribution < -0.4 is 4.57 Å². The van der Waals surface area contributed by atoms with Gasteiger partial charge in [0.1, 0.15) is 6.54 Å². The van der Waals surface area contributed by atoms with Gasteiger partial charge in [-0.2, -0.15) is 4.57 Å². The summed E-state index contributed by atoms with van der Waals surface area (Å²) >= 11 is 0. The summed E-state index contributed by atoms with van der Waals surface area (Å²) in [6.07, 6.45) is 3.67. The Hall–Kier alpha value is -0.573. The Balaban J connectivity index is 2.58. The fraction of sp³-hybridized carbons (Fsp3) is 0.750. The smallest absolute Gasteiger partial charge is 0.334 e. The molecule has 0 aliphatic rings. The number of aryl methyl sites for hydroxylation is 2. The minimum Gasteiger partial charge on any atom is -0.412 e. The van der Waals surface area contributed by atoms with Crippen LogP contribution in [0.1, 0.15) is 26.5 Å². The number of nitrogens with zero attached hydrogens (tertiary/aromatic N) is 1. The molecule has 0 spiro atoms. The second-order valence-electron chi connectivity index (χ2n) is 4.50. The Morgan fingerprint density at radius 1 is 1.20 bits per heavy atom. The molecule has 1 rings (SSSR count). The molecule has 0 fully saturated rings. The van der Waals surface area contributed by atoms with E-state index < -0.39 is 8.07 Å². The predicted octanol–water partition coefficient (Wildman–Crippen LogP) is 3.38. The molecule has 15 heavy (non-hydrogen) atoms. The lowest BCUT2D eigenvalue weighted by Gasteiger charge is -2.26. The summed E-state index contributed by atoms with van der Waals surface area (Å²) in [5.41, 5.74) is 1.24. The number of hydrogen-bond acceptors (Lipinski definition) is 1. The Morgan fingerprint density at radius 3 is 2.20 bits per heavy atom. The van der Waals surface area contributed by atoms with Gasteiger partial charge in [-0.25, -0.2) is 0 Å². The van der Waals surface area contributed by atoms with Crippen LogP contribution in [-0.4, -0.2) is 8.07 Å². The molecule has 0 amide bonds. The third-order valence-electron chi connectivity index (χ3n) is 4.01. The van der Waals surface area contributed by atoms with E-state index in [0.717, 1.165) is 6.54 Å². The second-order valence-corrected chi connectivity index (χ2v) is 10.1. The lowest BCUT2D eigenvalue weighted by Crippen LogP contribution is -2.41. The van der Waals surface area contributed by atoms with Gasteiger partial charge in [0.2, 0.25) is 5.69 Å². The highest BCUT2D eigenvalue weighted by molar-refractivity contribution is 6.79. The monoisotopic (exact) mass is 226 g/mol. The molecule has 0 N–H and O–H groups in total. The normalized spacial score (nSPS) is 12.0. The quantitative estimate of drug-likeness (QED) is 0.537. The molecule has 0 unspecified atom stereocenters. The molecule has 0 aromatic carbocycles. The molecule has 1 heterocycles. The van der Waals surface area contributed by atoms with E-state index in [1.165, 1.54) is 29.9 Å². The van der Waals surface area contributed by atoms with E-state index in [9.17, 15) is 0 Å². The minimum absolute atomic E-state index is 0.959. The molecule has 0 radical (unpaired) electrons. The average Bonchev–Trinajstić information content (AvgIpc) is 2.67. The minimum atomic E-state index is -0.959. The van der Waals surface area contributed by atoms with Crippen molar-refractivity contribution in [2.75, 3.05) is 0 Å². The van der Waals surface area contributed by atoms with Crippen LogP contribution in [-0.2, 0) is 6.54 Å². The van der Waals surface area contributed by atoms with E-state index in [2.05, 4.69) is 32.3 Å². The van der Waals surface area contributed by atoms with Gasteiger partial charge >= 0.3 is 6.39 Å². The van der Waals surface area contributed by atoms with Crippen molar-refractivity contribution in [2.45, 2.75) is 58.4 Å². The van der Waals surface area contributed by atoms with Crippen molar-refractivity contribution in [1.29, 1.82) is 0 Å². The lowest BCUT2D eigenvalue weighted by molar-refractivity contribution is -0.701. The van der Waals surface area contributed by atoms with E-state index in [1.807, 2.05) is 12.7 Å². The average molecular weight is 226 g/mol. The van der Waals surface area contributed by atoms with Crippen LogP contribution in [0.2, 0.25) is 24.2 Å². The molecule has 0 aliphatic heterocycles. The highest BCUT2D eigenvalue weighted by Crippen LogP contribution is 2.24. The Bertz CT molecular complexity index is 283. The molecule has 0 saturated heterocycles. The zero-order valence-corrected chi connectivity index (χ0v) is 11.5. The van der Waals surface area contributed by atoms with Crippen molar-refractivity contribution in [1.82, 2.24) is 0 Å². The summed E-state index contributed by atoms with van der Waals surface area (Å²) in [6.45, 7) is 10.4. The SMILES string of the molecule is CC[Si](CC)(CC)CC[n+]1cocc1C. The van der Waals surface area contributed by atoms with Crippen LogP contribution in [0.15, 0.2) is 17.1 Å². The van der Waals surface area contributed by atoms with Crippen LogP contribution >= 0.6 is 0 Å². The van der Waals surface area contributed by atoms with Crippen molar-refractivity contribution in [3.8, 4) is 0 Å². The molecule has 0 bridgehead atoms. The zero-order valence-electron chi connectivity index (χ0n) is 10.5. The van der Waals surface area contributed by atoms with Gasteiger partial charge in [0.25, 0.3) is 0 Å². The van der Waals surface area contributed by atoms with Gasteiger partial charge in [0.15, 0.2) is 6.26 Å². The molecule has 2 nitrogen and oxygen atoms in total. The Labute approximate surface area is 94.3 Å². The first-order chi connectivity index (χ1) is 7.17. The van der Waals surface area contributed by atoms with Crippen LogP contribution in [0.4, 0.5) is 0 Å². The van der Waals surface area contributed by atoms with Crippen molar-refractivity contribution >= 4 is 8.07 Å². The molecule has 1 aromatic heterocycles. The maximum Gasteiger partial charge on any atom is 0.334 e. The molecule has 0 saturated carbocycles. The first-order valence-electron chi connectivity index (χ1n) is 6.09. The third kappa shape index (κ3) is 2.94. The van der Waals surface area contributed by atoms with Gasteiger partial charge in [-0.05, 0) is 0 Å². The van der Waals surface area contributed by atoms with Gasteiger partial charge < -0.3 is 4.42 Å². The summed E-state index contributed by atoms with van der Waals surface area (Å²) in [5, 5.41) is 0. The van der Waals surface area contributed by atoms with Crippen LogP contribution in [0.5, 0.6) is 0 Å². The number of oxazole rings is 1. The predicted molar refractivity (Wildman–Crippen MR) is 65.6 cm³/mol. The lowest BCUT2D eigenvalue weighted by atomic mass is 10.5. The highest BCUT2D eigenvalue weighted by atomic mass is 28.3. The molecular formula is C12H24NOSi+. The molecule has 1 aromatic rings. The molecular weight excluding hydrogens is 202 g/mol. The molecule has 0 atom stereocenters. The number of hydrogen-bond donors (Lipinski definition) is 0. The molecule has 86 valence electrons. The summed E-state index contributed by atoms with van der Waals surface area (Å²) in [4.78, 5) is 0. The van der Waals surface area contributed by atoms with Gasteiger partial charge in [0.05, 0.1) is 8.07 Å². The maximum atomic E-state index is 5.19. The van der Waals surface area contributed by atoms with Crippen molar-refractivity contribution in [3.05, 3.63) is 18.4 Å². The summed E-state index contributed by atoms with van der Waals surface area (Å²) < 4.78 is 7.43. The number of aromatic nitrogens is 1. The van der Waals surface area contributed by atoms with E-state index in [0.29, 0.717) is 0 Å². The first-order valence-corrected chi connectivity index (χ1v) is 8.92. The van der Waals surface area contributed by atoms with Gasteiger partial charge in [-0.1, -0.05) is 38.9 Å². The van der Waals surface area contributed by atoms with E-state index in [4.69, 9.17) is 4.42 Å². The summed E-state index contributed by atoms with van der Waals surface area (Å²) in [5.74, 6) is 0. The van der Waals surface area contributed by atoms with Crippen molar-refractivity contribution in [2.24, 2.45) is 0 Å². The number of rotatable bonds is 6. The first kappa shape index (κ1) is 12.5. The third-order valence-corrected chi connectivity index (χ3v) is 9.80. The fourth-order valence-corrected chi connectivity index (χ4v) is 5.50. The van der Waals surface area contributed by atoms with Crippen molar-refractivity contribution in [3.63, 3.8) is 0 Å². The fourth-order valence-electron chi connectivity index (χ4n) is 2.22. The van der Waals surface area contributed by atoms with E-state index in [-0.39, 0.29) is 0 Å². The Kier molecular flexibility index (Phi) is 4.58. The van der Waals surface area contributed by atoms with Crippen molar-refractivity contribution < 1.29 is 8.98 Å². The maximum absolute atomic E-state index is 5.19. The van der Waals surface area contributed by atoms with E-state index >= 15 is 0 Å². The van der Waals surface area contributed by atoms with Crippen LogP contribution in [0, 0.1) is 6.92 Å². The van der Waals surface area contributed by atoms with Crippen LogP contribution in [0.25, 0.3) is 0 Å². The zero-order chi connectivity index (χ0) is 11.3. The van der Waals surface area contributed by atoms with Crippen LogP contribution in [0.3, 0.4) is 0 Å². The Morgan fingerprint density at radius 2 is 1.80 bits per heavy atom. The standard InChI is InChI=1S/C12H24NOSi/c1-5-15(6-2,7-3)9-8-13-11-14-10-12(13)4/h10-11H,5-9H2,1-4H3/q+1. The largest absolute Gasteiger partial charge is 0.412 e. The highest BCUT2D eigenvalue weighted by Gasteiger charge is 2.28. The topological polar surface area (TPSA) is 17.0 Å². The summed E-state index contributed by atoms with van der Waals surface area (Å²) in [6, 6.07) is 5.63. The second kappa shape index (κ2) is 5.49.